The molecule has 38 heavy (non-hydrogen) atoms. The van der Waals surface area contributed by atoms with E-state index in [0.717, 1.165) is 23.1 Å². The van der Waals surface area contributed by atoms with Crippen molar-refractivity contribution in [3.05, 3.63) is 70.4 Å². The van der Waals surface area contributed by atoms with Gasteiger partial charge in [-0.3, -0.25) is 4.79 Å². The highest BCUT2D eigenvalue weighted by molar-refractivity contribution is 7.92. The molecule has 0 bridgehead atoms. The third kappa shape index (κ3) is 6.34. The Labute approximate surface area is 229 Å². The molecule has 0 saturated carbocycles. The summed E-state index contributed by atoms with van der Waals surface area (Å²) in [5.74, 6) is -0.0849. The maximum atomic E-state index is 13.4. The highest BCUT2D eigenvalue weighted by atomic mass is 35.5. The maximum absolute atomic E-state index is 13.4. The highest BCUT2D eigenvalue weighted by Crippen LogP contribution is 2.29. The van der Waals surface area contributed by atoms with E-state index in [1.165, 1.54) is 18.2 Å². The second-order valence-electron chi connectivity index (χ2n) is 10.3. The number of hydrogen-bond donors (Lipinski definition) is 2. The van der Waals surface area contributed by atoms with Gasteiger partial charge in [0, 0.05) is 29.8 Å². The lowest BCUT2D eigenvalue weighted by atomic mass is 9.92. The standard InChI is InChI=1S/C28H33ClN4O4S/c1-17(2)13-21-11-12-22(34)16-33(21)27(35)20-9-6-10-23(14-20)38(36,37)32-28-30-24(15-25(29)31-28)26-18(3)7-5-8-19(26)4/h5-10,14-15,17,21-22,34H,11-13,16H2,1-4H3,(H,30,31,32)/t21?,22-/m1/s1. The fraction of sp³-hybridized carbons (Fsp3) is 0.393. The van der Waals surface area contributed by atoms with Crippen molar-refractivity contribution in [2.75, 3.05) is 11.3 Å². The molecule has 3 aromatic rings. The van der Waals surface area contributed by atoms with E-state index in [0.29, 0.717) is 24.5 Å². The topological polar surface area (TPSA) is 112 Å². The van der Waals surface area contributed by atoms with Crippen LogP contribution in [0.15, 0.2) is 53.4 Å². The summed E-state index contributed by atoms with van der Waals surface area (Å²) < 4.78 is 29.0. The number of aryl methyl sites for hydroxylation is 2. The minimum absolute atomic E-state index is 0.00697. The number of nitrogens with zero attached hydrogens (tertiary/aromatic N) is 3. The third-order valence-electron chi connectivity index (χ3n) is 6.73. The molecule has 2 aromatic carbocycles. The van der Waals surface area contributed by atoms with Gasteiger partial charge in [-0.15, -0.1) is 0 Å². The molecule has 10 heteroatoms. The van der Waals surface area contributed by atoms with Crippen molar-refractivity contribution in [1.82, 2.24) is 14.9 Å². The predicted molar refractivity (Wildman–Crippen MR) is 149 cm³/mol. The number of aromatic nitrogens is 2. The molecular formula is C28H33ClN4O4S. The van der Waals surface area contributed by atoms with Gasteiger partial charge in [-0.25, -0.2) is 23.1 Å². The number of carbonyl (C=O) groups is 1. The first-order chi connectivity index (χ1) is 17.9. The number of anilines is 1. The summed E-state index contributed by atoms with van der Waals surface area (Å²) in [6, 6.07) is 13.3. The summed E-state index contributed by atoms with van der Waals surface area (Å²) in [6.45, 7) is 8.30. The van der Waals surface area contributed by atoms with E-state index in [4.69, 9.17) is 11.6 Å². The fourth-order valence-electron chi connectivity index (χ4n) is 5.00. The monoisotopic (exact) mass is 556 g/mol. The van der Waals surface area contributed by atoms with Gasteiger partial charge in [0.05, 0.1) is 16.7 Å². The van der Waals surface area contributed by atoms with E-state index in [1.54, 1.807) is 17.0 Å². The molecule has 1 amide bonds. The summed E-state index contributed by atoms with van der Waals surface area (Å²) in [5.41, 5.74) is 3.53. The van der Waals surface area contributed by atoms with E-state index in [9.17, 15) is 18.3 Å². The number of likely N-dealkylation sites (tertiary alicyclic amines) is 1. The number of β-amino-alcohol motifs (C(OH)–C–C–N with tert-alkyl or cyclic N) is 1. The van der Waals surface area contributed by atoms with Crippen molar-refractivity contribution in [2.24, 2.45) is 5.92 Å². The first-order valence-electron chi connectivity index (χ1n) is 12.7. The second-order valence-corrected chi connectivity index (χ2v) is 12.3. The molecule has 2 N–H and O–H groups in total. The summed E-state index contributed by atoms with van der Waals surface area (Å²) >= 11 is 6.24. The van der Waals surface area contributed by atoms with Crippen LogP contribution in [0.4, 0.5) is 5.95 Å². The molecule has 2 atom stereocenters. The number of hydrogen-bond acceptors (Lipinski definition) is 6. The van der Waals surface area contributed by atoms with Crippen molar-refractivity contribution in [2.45, 2.75) is 64.0 Å². The Morgan fingerprint density at radius 1 is 1.11 bits per heavy atom. The molecule has 1 fully saturated rings. The van der Waals surface area contributed by atoms with Crippen LogP contribution in [0.3, 0.4) is 0 Å². The molecule has 8 nitrogen and oxygen atoms in total. The Bertz CT molecular complexity index is 1420. The number of benzene rings is 2. The second kappa shape index (κ2) is 11.4. The van der Waals surface area contributed by atoms with Gasteiger partial charge in [0.1, 0.15) is 5.15 Å². The zero-order chi connectivity index (χ0) is 27.6. The number of piperidine rings is 1. The molecule has 1 unspecified atom stereocenters. The zero-order valence-corrected chi connectivity index (χ0v) is 23.6. The minimum Gasteiger partial charge on any atom is -0.391 e. The third-order valence-corrected chi connectivity index (χ3v) is 8.25. The lowest BCUT2D eigenvalue weighted by molar-refractivity contribution is 0.0231. The van der Waals surface area contributed by atoms with Crippen molar-refractivity contribution in [3.63, 3.8) is 0 Å². The quantitative estimate of drug-likeness (QED) is 0.385. The molecule has 202 valence electrons. The molecule has 0 aliphatic carbocycles. The number of aliphatic hydroxyl groups excluding tert-OH is 1. The van der Waals surface area contributed by atoms with E-state index in [-0.39, 0.29) is 40.1 Å². The van der Waals surface area contributed by atoms with Crippen LogP contribution in [-0.2, 0) is 10.0 Å². The van der Waals surface area contributed by atoms with Crippen molar-refractivity contribution < 1.29 is 18.3 Å². The number of halogens is 1. The highest BCUT2D eigenvalue weighted by Gasteiger charge is 2.32. The lowest BCUT2D eigenvalue weighted by Gasteiger charge is -2.39. The normalized spacial score (nSPS) is 18.0. The molecular weight excluding hydrogens is 524 g/mol. The number of carbonyl (C=O) groups excluding carboxylic acids is 1. The minimum atomic E-state index is -4.13. The van der Waals surface area contributed by atoms with Crippen LogP contribution in [0.1, 0.15) is 54.6 Å². The fourth-order valence-corrected chi connectivity index (χ4v) is 6.17. The Morgan fingerprint density at radius 2 is 1.79 bits per heavy atom. The first-order valence-corrected chi connectivity index (χ1v) is 14.5. The van der Waals surface area contributed by atoms with E-state index in [2.05, 4.69) is 28.5 Å². The van der Waals surface area contributed by atoms with Gasteiger partial charge in [-0.2, -0.15) is 0 Å². The Hall–Kier alpha value is -3.01. The Morgan fingerprint density at radius 3 is 2.47 bits per heavy atom. The van der Waals surface area contributed by atoms with Crippen LogP contribution >= 0.6 is 11.6 Å². The zero-order valence-electron chi connectivity index (χ0n) is 22.0. The number of sulfonamides is 1. The molecule has 2 heterocycles. The SMILES string of the molecule is Cc1cccc(C)c1-c1cc(Cl)nc(NS(=O)(=O)c2cccc(C(=O)N3C[C@H](O)CCC3CC(C)C)c2)n1. The van der Waals surface area contributed by atoms with Crippen LogP contribution in [0.5, 0.6) is 0 Å². The van der Waals surface area contributed by atoms with Gasteiger partial charge < -0.3 is 10.0 Å². The average molecular weight is 557 g/mol. The number of rotatable bonds is 7. The maximum Gasteiger partial charge on any atom is 0.264 e. The molecule has 0 radical (unpaired) electrons. The number of amides is 1. The Kier molecular flexibility index (Phi) is 8.40. The smallest absolute Gasteiger partial charge is 0.264 e. The summed E-state index contributed by atoms with van der Waals surface area (Å²) in [6.07, 6.45) is 1.57. The summed E-state index contributed by atoms with van der Waals surface area (Å²) in [5, 5.41) is 10.3. The van der Waals surface area contributed by atoms with Crippen LogP contribution < -0.4 is 4.72 Å². The lowest BCUT2D eigenvalue weighted by Crippen LogP contribution is -2.49. The van der Waals surface area contributed by atoms with Gasteiger partial charge >= 0.3 is 0 Å². The van der Waals surface area contributed by atoms with E-state index >= 15 is 0 Å². The van der Waals surface area contributed by atoms with Gasteiger partial charge in [-0.1, -0.05) is 49.7 Å². The number of nitrogens with one attached hydrogen (secondary N) is 1. The van der Waals surface area contributed by atoms with Gasteiger partial charge in [0.25, 0.3) is 15.9 Å². The Balaban J connectivity index is 1.62. The van der Waals surface area contributed by atoms with Gasteiger partial charge in [0.2, 0.25) is 5.95 Å². The molecule has 1 aliphatic heterocycles. The average Bonchev–Trinajstić information content (AvgIpc) is 2.84. The van der Waals surface area contributed by atoms with Gasteiger partial charge in [-0.05, 0) is 68.4 Å². The first kappa shape index (κ1) is 28.0. The van der Waals surface area contributed by atoms with Gasteiger partial charge in [0.15, 0.2) is 0 Å². The molecule has 0 spiro atoms. The van der Waals surface area contributed by atoms with Crippen molar-refractivity contribution in [3.8, 4) is 11.3 Å². The van der Waals surface area contributed by atoms with E-state index < -0.39 is 16.1 Å². The van der Waals surface area contributed by atoms with Crippen LogP contribution in [0.2, 0.25) is 5.15 Å². The van der Waals surface area contributed by atoms with Crippen molar-refractivity contribution >= 4 is 33.5 Å². The van der Waals surface area contributed by atoms with Crippen LogP contribution in [0.25, 0.3) is 11.3 Å². The van der Waals surface area contributed by atoms with Crippen molar-refractivity contribution in [1.29, 1.82) is 0 Å². The molecule has 1 aliphatic rings. The van der Waals surface area contributed by atoms with Crippen LogP contribution in [0, 0.1) is 19.8 Å². The molecule has 1 aromatic heterocycles. The van der Waals surface area contributed by atoms with Crippen LogP contribution in [-0.4, -0.2) is 53.0 Å². The summed E-state index contributed by atoms with van der Waals surface area (Å²) in [7, 11) is -4.13. The largest absolute Gasteiger partial charge is 0.391 e. The molecule has 1 saturated heterocycles. The number of aliphatic hydroxyl groups is 1. The predicted octanol–water partition coefficient (Wildman–Crippen LogP) is 5.23. The molecule has 4 rings (SSSR count). The summed E-state index contributed by atoms with van der Waals surface area (Å²) in [4.78, 5) is 23.5. The van der Waals surface area contributed by atoms with E-state index in [1.807, 2.05) is 32.0 Å².